The van der Waals surface area contributed by atoms with Gasteiger partial charge >= 0.3 is 0 Å². The minimum absolute atomic E-state index is 0.194. The maximum atomic E-state index is 13.9. The molecular formula is C23H23F2N5O3. The molecule has 0 radical (unpaired) electrons. The fourth-order valence-electron chi connectivity index (χ4n) is 3.95. The molecule has 0 atom stereocenters. The number of nitrogens with zero attached hydrogens (tertiary/aromatic N) is 3. The number of aromatic nitrogens is 2. The van der Waals surface area contributed by atoms with Gasteiger partial charge in [-0.2, -0.15) is 0 Å². The smallest absolute Gasteiger partial charge is 0.262 e. The molecule has 1 saturated heterocycles. The highest BCUT2D eigenvalue weighted by atomic mass is 19.1. The van der Waals surface area contributed by atoms with Crippen LogP contribution in [0.15, 0.2) is 47.3 Å². The second kappa shape index (κ2) is 9.35. The monoisotopic (exact) mass is 455 g/mol. The summed E-state index contributed by atoms with van der Waals surface area (Å²) in [4.78, 5) is 43.8. The number of halogens is 2. The van der Waals surface area contributed by atoms with Gasteiger partial charge in [0.2, 0.25) is 11.9 Å². The highest BCUT2D eigenvalue weighted by Gasteiger charge is 2.29. The van der Waals surface area contributed by atoms with Crippen molar-refractivity contribution in [2.24, 2.45) is 5.92 Å². The van der Waals surface area contributed by atoms with E-state index in [1.807, 2.05) is 6.92 Å². The van der Waals surface area contributed by atoms with E-state index in [4.69, 9.17) is 0 Å². The number of anilines is 1. The van der Waals surface area contributed by atoms with E-state index in [-0.39, 0.29) is 42.0 Å². The summed E-state index contributed by atoms with van der Waals surface area (Å²) in [6, 6.07) is 9.81. The molecule has 1 aliphatic rings. The lowest BCUT2D eigenvalue weighted by Crippen LogP contribution is -2.45. The lowest BCUT2D eigenvalue weighted by atomic mass is 9.95. The van der Waals surface area contributed by atoms with E-state index in [0.717, 1.165) is 12.1 Å². The lowest BCUT2D eigenvalue weighted by Gasteiger charge is -2.31. The van der Waals surface area contributed by atoms with Crippen LogP contribution in [-0.2, 0) is 11.3 Å². The zero-order valence-electron chi connectivity index (χ0n) is 18.0. The number of piperidine rings is 1. The van der Waals surface area contributed by atoms with Crippen molar-refractivity contribution in [3.8, 4) is 0 Å². The van der Waals surface area contributed by atoms with Crippen molar-refractivity contribution in [3.05, 3.63) is 70.0 Å². The van der Waals surface area contributed by atoms with Crippen LogP contribution in [0.1, 0.15) is 30.1 Å². The first-order valence-corrected chi connectivity index (χ1v) is 10.7. The summed E-state index contributed by atoms with van der Waals surface area (Å²) in [6.45, 7) is 2.71. The molecule has 8 nitrogen and oxygen atoms in total. The van der Waals surface area contributed by atoms with Gasteiger partial charge in [-0.1, -0.05) is 12.1 Å². The number of benzene rings is 2. The zero-order valence-corrected chi connectivity index (χ0v) is 18.0. The number of para-hydroxylation sites is 1. The molecule has 0 aliphatic carbocycles. The van der Waals surface area contributed by atoms with Crippen LogP contribution in [0.2, 0.25) is 0 Å². The molecule has 2 N–H and O–H groups in total. The number of hydrogen-bond acceptors (Lipinski definition) is 5. The quantitative estimate of drug-likeness (QED) is 0.577. The Hall–Kier alpha value is -3.82. The predicted molar refractivity (Wildman–Crippen MR) is 118 cm³/mol. The highest BCUT2D eigenvalue weighted by Crippen LogP contribution is 2.21. The molecule has 2 heterocycles. The standard InChI is InChI=1S/C23H23F2N5O3/c1-2-30-22(33)17-5-3-4-6-19(17)26-23(30)28-27-20(31)14-9-11-29(12-10-14)21(32)16-8-7-15(24)13-18(16)25/h3-8,13-14H,2,9-12H2,1H3,(H,26,28)(H,27,31). The molecule has 2 amide bonds. The van der Waals surface area contributed by atoms with Crippen LogP contribution in [0.3, 0.4) is 0 Å². The molecule has 33 heavy (non-hydrogen) atoms. The zero-order chi connectivity index (χ0) is 23.5. The van der Waals surface area contributed by atoms with Crippen LogP contribution in [0.5, 0.6) is 0 Å². The van der Waals surface area contributed by atoms with E-state index in [0.29, 0.717) is 36.4 Å². The number of amides is 2. The number of hydrogen-bond donors (Lipinski definition) is 2. The Bertz CT molecular complexity index is 1270. The van der Waals surface area contributed by atoms with Crippen LogP contribution in [0.4, 0.5) is 14.7 Å². The largest absolute Gasteiger partial charge is 0.339 e. The summed E-state index contributed by atoms with van der Waals surface area (Å²) in [7, 11) is 0. The number of hydrazine groups is 1. The van der Waals surface area contributed by atoms with Crippen molar-refractivity contribution in [1.29, 1.82) is 0 Å². The summed E-state index contributed by atoms with van der Waals surface area (Å²) in [5.41, 5.74) is 5.48. The van der Waals surface area contributed by atoms with E-state index in [1.165, 1.54) is 9.47 Å². The van der Waals surface area contributed by atoms with Gasteiger partial charge in [0.05, 0.1) is 16.5 Å². The van der Waals surface area contributed by atoms with E-state index < -0.39 is 17.5 Å². The van der Waals surface area contributed by atoms with Crippen LogP contribution in [0.25, 0.3) is 10.9 Å². The SMILES string of the molecule is CCn1c(NNC(=O)C2CCN(C(=O)c3ccc(F)cc3F)CC2)nc2ccccc2c1=O. The lowest BCUT2D eigenvalue weighted by molar-refractivity contribution is -0.125. The second-order valence-corrected chi connectivity index (χ2v) is 7.81. The minimum atomic E-state index is -0.908. The molecule has 10 heteroatoms. The molecular weight excluding hydrogens is 432 g/mol. The van der Waals surface area contributed by atoms with Crippen molar-refractivity contribution < 1.29 is 18.4 Å². The van der Waals surface area contributed by atoms with Gasteiger partial charge in [0.25, 0.3) is 11.5 Å². The third kappa shape index (κ3) is 4.55. The topological polar surface area (TPSA) is 96.3 Å². The average molecular weight is 455 g/mol. The first-order valence-electron chi connectivity index (χ1n) is 10.7. The molecule has 3 aromatic rings. The van der Waals surface area contributed by atoms with E-state index in [2.05, 4.69) is 15.8 Å². The molecule has 0 bridgehead atoms. The number of nitrogens with one attached hydrogen (secondary N) is 2. The average Bonchev–Trinajstić information content (AvgIpc) is 2.82. The summed E-state index contributed by atoms with van der Waals surface area (Å²) in [5, 5.41) is 0.492. The molecule has 172 valence electrons. The molecule has 0 saturated carbocycles. The molecule has 4 rings (SSSR count). The third-order valence-electron chi connectivity index (χ3n) is 5.79. The van der Waals surface area contributed by atoms with Crippen LogP contribution >= 0.6 is 0 Å². The maximum Gasteiger partial charge on any atom is 0.262 e. The maximum absolute atomic E-state index is 13.9. The molecule has 0 spiro atoms. The van der Waals surface area contributed by atoms with E-state index in [1.54, 1.807) is 24.3 Å². The van der Waals surface area contributed by atoms with Gasteiger partial charge in [-0.05, 0) is 44.0 Å². The predicted octanol–water partition coefficient (Wildman–Crippen LogP) is 2.69. The van der Waals surface area contributed by atoms with Gasteiger partial charge in [0.1, 0.15) is 11.6 Å². The Morgan fingerprint density at radius 3 is 2.55 bits per heavy atom. The third-order valence-corrected chi connectivity index (χ3v) is 5.79. The van der Waals surface area contributed by atoms with Crippen LogP contribution in [-0.4, -0.2) is 39.4 Å². The fraction of sp³-hybridized carbons (Fsp3) is 0.304. The van der Waals surface area contributed by atoms with Gasteiger partial charge in [-0.3, -0.25) is 29.8 Å². The first-order chi connectivity index (χ1) is 15.9. The number of likely N-dealkylation sites (tertiary alicyclic amines) is 1. The number of carbonyl (C=O) groups is 2. The number of rotatable bonds is 5. The van der Waals surface area contributed by atoms with Crippen molar-refractivity contribution >= 4 is 28.7 Å². The normalized spacial score (nSPS) is 14.3. The Balaban J connectivity index is 1.38. The van der Waals surface area contributed by atoms with Crippen molar-refractivity contribution in [2.45, 2.75) is 26.3 Å². The minimum Gasteiger partial charge on any atom is -0.339 e. The number of fused-ring (bicyclic) bond motifs is 1. The van der Waals surface area contributed by atoms with Gasteiger partial charge in [-0.15, -0.1) is 0 Å². The van der Waals surface area contributed by atoms with Gasteiger partial charge in [0, 0.05) is 31.6 Å². The van der Waals surface area contributed by atoms with Gasteiger partial charge < -0.3 is 4.90 Å². The Labute approximate surface area is 188 Å². The summed E-state index contributed by atoms with van der Waals surface area (Å²) in [6.07, 6.45) is 0.765. The highest BCUT2D eigenvalue weighted by molar-refractivity contribution is 5.94. The molecule has 0 unspecified atom stereocenters. The van der Waals surface area contributed by atoms with Crippen molar-refractivity contribution in [2.75, 3.05) is 18.5 Å². The Kier molecular flexibility index (Phi) is 6.34. The van der Waals surface area contributed by atoms with Crippen molar-refractivity contribution in [1.82, 2.24) is 19.9 Å². The van der Waals surface area contributed by atoms with Gasteiger partial charge in [0.15, 0.2) is 0 Å². The Morgan fingerprint density at radius 1 is 1.12 bits per heavy atom. The van der Waals surface area contributed by atoms with Crippen LogP contribution in [0, 0.1) is 17.6 Å². The van der Waals surface area contributed by atoms with E-state index in [9.17, 15) is 23.2 Å². The van der Waals surface area contributed by atoms with Crippen molar-refractivity contribution in [3.63, 3.8) is 0 Å². The summed E-state index contributed by atoms with van der Waals surface area (Å²) in [5.74, 6) is -2.62. The van der Waals surface area contributed by atoms with Crippen LogP contribution < -0.4 is 16.4 Å². The second-order valence-electron chi connectivity index (χ2n) is 7.81. The molecule has 1 fully saturated rings. The first kappa shape index (κ1) is 22.4. The fourth-order valence-corrected chi connectivity index (χ4v) is 3.95. The molecule has 2 aromatic carbocycles. The number of carbonyl (C=O) groups excluding carboxylic acids is 2. The molecule has 1 aromatic heterocycles. The summed E-state index contributed by atoms with van der Waals surface area (Å²) >= 11 is 0. The van der Waals surface area contributed by atoms with E-state index >= 15 is 0 Å². The van der Waals surface area contributed by atoms with Gasteiger partial charge in [-0.25, -0.2) is 13.8 Å². The summed E-state index contributed by atoms with van der Waals surface area (Å²) < 4.78 is 28.4. The Morgan fingerprint density at radius 2 is 1.85 bits per heavy atom. The molecule has 1 aliphatic heterocycles.